The summed E-state index contributed by atoms with van der Waals surface area (Å²) in [6, 6.07) is 10.3. The molecule has 0 spiro atoms. The van der Waals surface area contributed by atoms with Crippen LogP contribution in [0.3, 0.4) is 0 Å². The van der Waals surface area contributed by atoms with Gasteiger partial charge in [0.05, 0.1) is 10.0 Å². The minimum Gasteiger partial charge on any atom is -0.382 e. The van der Waals surface area contributed by atoms with Crippen LogP contribution in [0.5, 0.6) is 0 Å². The van der Waals surface area contributed by atoms with Crippen LogP contribution in [0.4, 0.5) is 5.69 Å². The van der Waals surface area contributed by atoms with Gasteiger partial charge < -0.3 is 5.32 Å². The molecule has 0 aliphatic carbocycles. The second-order valence-electron chi connectivity index (χ2n) is 5.68. The van der Waals surface area contributed by atoms with Crippen molar-refractivity contribution in [3.8, 4) is 0 Å². The fraction of sp³-hybridized carbons (Fsp3) is 0.353. The molecular formula is C17H19Cl2N3. The molecule has 5 heteroatoms. The zero-order valence-electron chi connectivity index (χ0n) is 12.3. The molecule has 1 aliphatic heterocycles. The van der Waals surface area contributed by atoms with Gasteiger partial charge in [0.15, 0.2) is 0 Å². The second kappa shape index (κ2) is 7.32. The summed E-state index contributed by atoms with van der Waals surface area (Å²) in [5.74, 6) is 0. The van der Waals surface area contributed by atoms with Crippen LogP contribution in [0.2, 0.25) is 10.0 Å². The molecule has 3 rings (SSSR count). The third kappa shape index (κ3) is 4.13. The fourth-order valence-electron chi connectivity index (χ4n) is 2.81. The fourth-order valence-corrected chi connectivity index (χ4v) is 3.10. The van der Waals surface area contributed by atoms with Gasteiger partial charge in [-0.1, -0.05) is 29.3 Å². The van der Waals surface area contributed by atoms with Crippen LogP contribution >= 0.6 is 23.2 Å². The van der Waals surface area contributed by atoms with Gasteiger partial charge in [0, 0.05) is 43.8 Å². The number of hydrogen-bond donors (Lipinski definition) is 1. The summed E-state index contributed by atoms with van der Waals surface area (Å²) in [6.07, 6.45) is 6.01. The van der Waals surface area contributed by atoms with Crippen molar-refractivity contribution in [1.82, 2.24) is 9.88 Å². The van der Waals surface area contributed by atoms with Gasteiger partial charge in [-0.3, -0.25) is 9.88 Å². The Labute approximate surface area is 141 Å². The van der Waals surface area contributed by atoms with Crippen LogP contribution in [0.1, 0.15) is 18.4 Å². The molecule has 3 nitrogen and oxygen atoms in total. The molecule has 0 radical (unpaired) electrons. The van der Waals surface area contributed by atoms with Crippen LogP contribution in [0.15, 0.2) is 42.7 Å². The van der Waals surface area contributed by atoms with Gasteiger partial charge in [0.25, 0.3) is 0 Å². The second-order valence-corrected chi connectivity index (χ2v) is 6.50. The highest BCUT2D eigenvalue weighted by molar-refractivity contribution is 6.42. The molecule has 1 aromatic heterocycles. The third-order valence-corrected chi connectivity index (χ3v) is 4.75. The first-order valence-electron chi connectivity index (χ1n) is 7.53. The van der Waals surface area contributed by atoms with Gasteiger partial charge in [0.2, 0.25) is 0 Å². The van der Waals surface area contributed by atoms with Gasteiger partial charge in [-0.05, 0) is 42.7 Å². The first-order chi connectivity index (χ1) is 10.7. The van der Waals surface area contributed by atoms with Gasteiger partial charge in [0.1, 0.15) is 0 Å². The van der Waals surface area contributed by atoms with Crippen LogP contribution in [0, 0.1) is 0 Å². The van der Waals surface area contributed by atoms with Gasteiger partial charge in [-0.2, -0.15) is 0 Å². The lowest BCUT2D eigenvalue weighted by molar-refractivity contribution is 0.211. The van der Waals surface area contributed by atoms with Crippen molar-refractivity contribution >= 4 is 28.9 Å². The van der Waals surface area contributed by atoms with E-state index in [1.807, 2.05) is 36.7 Å². The van der Waals surface area contributed by atoms with Crippen molar-refractivity contribution in [2.24, 2.45) is 0 Å². The number of hydrogen-bond acceptors (Lipinski definition) is 3. The number of pyridine rings is 1. The number of nitrogens with one attached hydrogen (secondary N) is 1. The van der Waals surface area contributed by atoms with Crippen molar-refractivity contribution in [2.45, 2.75) is 25.4 Å². The minimum atomic E-state index is 0.488. The number of anilines is 1. The van der Waals surface area contributed by atoms with Crippen LogP contribution < -0.4 is 5.32 Å². The van der Waals surface area contributed by atoms with Crippen molar-refractivity contribution in [3.63, 3.8) is 0 Å². The smallest absolute Gasteiger partial charge is 0.0612 e. The lowest BCUT2D eigenvalue weighted by Crippen LogP contribution is -2.38. The summed E-state index contributed by atoms with van der Waals surface area (Å²) in [5.41, 5.74) is 2.32. The first-order valence-corrected chi connectivity index (χ1v) is 8.29. The van der Waals surface area contributed by atoms with E-state index in [9.17, 15) is 0 Å². The van der Waals surface area contributed by atoms with Crippen molar-refractivity contribution in [2.75, 3.05) is 18.4 Å². The number of likely N-dealkylation sites (tertiary alicyclic amines) is 1. The molecule has 1 N–H and O–H groups in total. The van der Waals surface area contributed by atoms with Crippen LogP contribution in [-0.2, 0) is 6.54 Å². The highest BCUT2D eigenvalue weighted by Crippen LogP contribution is 2.26. The molecule has 1 aliphatic rings. The topological polar surface area (TPSA) is 28.2 Å². The van der Waals surface area contributed by atoms with E-state index in [0.717, 1.165) is 38.2 Å². The number of piperidine rings is 1. The zero-order valence-corrected chi connectivity index (χ0v) is 13.8. The summed E-state index contributed by atoms with van der Waals surface area (Å²) < 4.78 is 0. The SMILES string of the molecule is Clc1ccc(NC2CCN(Cc3cccnc3)CC2)cc1Cl. The Morgan fingerprint density at radius 2 is 1.95 bits per heavy atom. The quantitative estimate of drug-likeness (QED) is 0.893. The highest BCUT2D eigenvalue weighted by Gasteiger charge is 2.19. The van der Waals surface area contributed by atoms with Gasteiger partial charge >= 0.3 is 0 Å². The van der Waals surface area contributed by atoms with E-state index < -0.39 is 0 Å². The molecule has 2 aromatic rings. The molecule has 1 fully saturated rings. The standard InChI is InChI=1S/C17H19Cl2N3/c18-16-4-3-15(10-17(16)19)21-14-5-8-22(9-6-14)12-13-2-1-7-20-11-13/h1-4,7,10-11,14,21H,5-6,8-9,12H2. The van der Waals surface area contributed by atoms with E-state index in [1.54, 1.807) is 0 Å². The number of rotatable bonds is 4. The Hall–Kier alpha value is -1.29. The van der Waals surface area contributed by atoms with Crippen molar-refractivity contribution < 1.29 is 0 Å². The molecule has 0 bridgehead atoms. The first kappa shape index (κ1) is 15.6. The number of nitrogens with zero attached hydrogens (tertiary/aromatic N) is 2. The average Bonchev–Trinajstić information content (AvgIpc) is 2.54. The number of halogens is 2. The Kier molecular flexibility index (Phi) is 5.19. The average molecular weight is 336 g/mol. The minimum absolute atomic E-state index is 0.488. The van der Waals surface area contributed by atoms with Crippen molar-refractivity contribution in [3.05, 3.63) is 58.3 Å². The van der Waals surface area contributed by atoms with Gasteiger partial charge in [-0.15, -0.1) is 0 Å². The normalized spacial score (nSPS) is 16.6. The molecule has 1 saturated heterocycles. The van der Waals surface area contributed by atoms with E-state index in [2.05, 4.69) is 21.3 Å². The lowest BCUT2D eigenvalue weighted by atomic mass is 10.0. The van der Waals surface area contributed by atoms with E-state index >= 15 is 0 Å². The molecule has 1 aromatic carbocycles. The Balaban J connectivity index is 1.50. The Morgan fingerprint density at radius 3 is 2.64 bits per heavy atom. The molecule has 2 heterocycles. The van der Waals surface area contributed by atoms with Crippen LogP contribution in [0.25, 0.3) is 0 Å². The number of aromatic nitrogens is 1. The molecule has 0 atom stereocenters. The summed E-state index contributed by atoms with van der Waals surface area (Å²) >= 11 is 12.0. The van der Waals surface area contributed by atoms with Crippen LogP contribution in [-0.4, -0.2) is 29.0 Å². The largest absolute Gasteiger partial charge is 0.382 e. The lowest BCUT2D eigenvalue weighted by Gasteiger charge is -2.32. The highest BCUT2D eigenvalue weighted by atomic mass is 35.5. The van der Waals surface area contributed by atoms with E-state index in [-0.39, 0.29) is 0 Å². The molecule has 0 saturated carbocycles. The molecule has 116 valence electrons. The molecule has 22 heavy (non-hydrogen) atoms. The van der Waals surface area contributed by atoms with Crippen molar-refractivity contribution in [1.29, 1.82) is 0 Å². The van der Waals surface area contributed by atoms with Gasteiger partial charge in [-0.25, -0.2) is 0 Å². The summed E-state index contributed by atoms with van der Waals surface area (Å²) in [4.78, 5) is 6.65. The summed E-state index contributed by atoms with van der Waals surface area (Å²) in [6.45, 7) is 3.16. The van der Waals surface area contributed by atoms with E-state index in [1.165, 1.54) is 5.56 Å². The monoisotopic (exact) mass is 335 g/mol. The number of benzene rings is 1. The molecule has 0 amide bonds. The maximum atomic E-state index is 6.06. The predicted molar refractivity (Wildman–Crippen MR) is 92.6 cm³/mol. The molecule has 0 unspecified atom stereocenters. The predicted octanol–water partition coefficient (Wildman–Crippen LogP) is 4.46. The Morgan fingerprint density at radius 1 is 1.14 bits per heavy atom. The summed E-state index contributed by atoms with van der Waals surface area (Å²) in [7, 11) is 0. The summed E-state index contributed by atoms with van der Waals surface area (Å²) in [5, 5.41) is 4.74. The van der Waals surface area contributed by atoms with E-state index in [0.29, 0.717) is 16.1 Å². The third-order valence-electron chi connectivity index (χ3n) is 4.01. The maximum absolute atomic E-state index is 6.06. The maximum Gasteiger partial charge on any atom is 0.0612 e. The zero-order chi connectivity index (χ0) is 15.4. The Bertz CT molecular complexity index is 611. The molecular weight excluding hydrogens is 317 g/mol. The van der Waals surface area contributed by atoms with E-state index in [4.69, 9.17) is 23.2 Å².